The van der Waals surface area contributed by atoms with Gasteiger partial charge in [0, 0.05) is 36.3 Å². The maximum Gasteiger partial charge on any atom is 0.418 e. The fraction of sp³-hybridized carbons (Fsp3) is 0.333. The van der Waals surface area contributed by atoms with Crippen LogP contribution in [0.1, 0.15) is 5.56 Å². The lowest BCUT2D eigenvalue weighted by molar-refractivity contribution is -0.137. The topological polar surface area (TPSA) is 64.7 Å². The van der Waals surface area contributed by atoms with Gasteiger partial charge in [0.25, 0.3) is 0 Å². The monoisotopic (exact) mass is 498 g/mol. The molecule has 2 aromatic carbocycles. The molecule has 0 saturated carbocycles. The van der Waals surface area contributed by atoms with Crippen molar-refractivity contribution in [2.45, 2.75) is 6.18 Å². The highest BCUT2D eigenvalue weighted by molar-refractivity contribution is 9.10. The first-order chi connectivity index (χ1) is 14.7. The predicted molar refractivity (Wildman–Crippen MR) is 116 cm³/mol. The molecule has 6 nitrogen and oxygen atoms in total. The molecular weight excluding hydrogens is 477 g/mol. The molecule has 2 aromatic rings. The number of piperazine rings is 1. The molecule has 0 bridgehead atoms. The molecule has 166 valence electrons. The van der Waals surface area contributed by atoms with Gasteiger partial charge in [0.15, 0.2) is 0 Å². The van der Waals surface area contributed by atoms with Crippen LogP contribution in [0.3, 0.4) is 0 Å². The fourth-order valence-electron chi connectivity index (χ4n) is 3.27. The lowest BCUT2D eigenvalue weighted by atomic mass is 10.1. The highest BCUT2D eigenvalue weighted by atomic mass is 79.9. The van der Waals surface area contributed by atoms with Crippen molar-refractivity contribution in [1.29, 1.82) is 0 Å². The number of alkyl halides is 3. The van der Waals surface area contributed by atoms with Gasteiger partial charge in [-0.25, -0.2) is 0 Å². The van der Waals surface area contributed by atoms with E-state index >= 15 is 0 Å². The molecule has 1 heterocycles. The number of amides is 2. The Morgan fingerprint density at radius 2 is 1.35 bits per heavy atom. The summed E-state index contributed by atoms with van der Waals surface area (Å²) in [5.41, 5.74) is -0.407. The summed E-state index contributed by atoms with van der Waals surface area (Å²) in [6, 6.07) is 12.2. The molecule has 0 aliphatic carbocycles. The van der Waals surface area contributed by atoms with Crippen LogP contribution in [-0.4, -0.2) is 60.9 Å². The molecule has 0 atom stereocenters. The third kappa shape index (κ3) is 7.05. The van der Waals surface area contributed by atoms with E-state index in [0.717, 1.165) is 10.5 Å². The molecule has 2 N–H and O–H groups in total. The normalized spacial score (nSPS) is 15.5. The van der Waals surface area contributed by atoms with Crippen LogP contribution in [0.4, 0.5) is 24.5 Å². The molecule has 0 aromatic heterocycles. The van der Waals surface area contributed by atoms with Crippen LogP contribution < -0.4 is 10.6 Å². The lowest BCUT2D eigenvalue weighted by Crippen LogP contribution is -2.50. The van der Waals surface area contributed by atoms with Crippen molar-refractivity contribution < 1.29 is 22.8 Å². The lowest BCUT2D eigenvalue weighted by Gasteiger charge is -2.33. The summed E-state index contributed by atoms with van der Waals surface area (Å²) in [5, 5.41) is 5.19. The number of halogens is 4. The largest absolute Gasteiger partial charge is 0.418 e. The van der Waals surface area contributed by atoms with Crippen molar-refractivity contribution in [2.75, 3.05) is 49.9 Å². The van der Waals surface area contributed by atoms with Crippen LogP contribution >= 0.6 is 15.9 Å². The first kappa shape index (κ1) is 23.2. The summed E-state index contributed by atoms with van der Waals surface area (Å²) < 4.78 is 40.1. The second kappa shape index (κ2) is 10.3. The molecule has 0 radical (unpaired) electrons. The minimum absolute atomic E-state index is 0.00881. The summed E-state index contributed by atoms with van der Waals surface area (Å²) in [5.74, 6) is -0.629. The zero-order valence-electron chi connectivity index (χ0n) is 16.6. The van der Waals surface area contributed by atoms with Crippen LogP contribution in [0, 0.1) is 0 Å². The highest BCUT2D eigenvalue weighted by Crippen LogP contribution is 2.34. The minimum atomic E-state index is -4.54. The summed E-state index contributed by atoms with van der Waals surface area (Å²) >= 11 is 3.34. The number of benzene rings is 2. The predicted octanol–water partition coefficient (Wildman–Crippen LogP) is 3.66. The zero-order valence-corrected chi connectivity index (χ0v) is 18.2. The van der Waals surface area contributed by atoms with E-state index < -0.39 is 17.6 Å². The van der Waals surface area contributed by atoms with Gasteiger partial charge in [0.2, 0.25) is 11.8 Å². The smallest absolute Gasteiger partial charge is 0.325 e. The summed E-state index contributed by atoms with van der Waals surface area (Å²) in [6.07, 6.45) is -4.54. The average molecular weight is 499 g/mol. The molecule has 0 unspecified atom stereocenters. The first-order valence-electron chi connectivity index (χ1n) is 9.67. The maximum absolute atomic E-state index is 13.1. The van der Waals surface area contributed by atoms with Gasteiger partial charge in [0.05, 0.1) is 24.3 Å². The van der Waals surface area contributed by atoms with Gasteiger partial charge in [-0.15, -0.1) is 0 Å². The van der Waals surface area contributed by atoms with Gasteiger partial charge in [-0.1, -0.05) is 28.1 Å². The van der Waals surface area contributed by atoms with Gasteiger partial charge >= 0.3 is 6.18 Å². The molecule has 2 amide bonds. The van der Waals surface area contributed by atoms with E-state index in [4.69, 9.17) is 0 Å². The van der Waals surface area contributed by atoms with E-state index in [2.05, 4.69) is 26.6 Å². The molecule has 1 aliphatic rings. The van der Waals surface area contributed by atoms with Crippen molar-refractivity contribution in [3.8, 4) is 0 Å². The van der Waals surface area contributed by atoms with Gasteiger partial charge in [-0.2, -0.15) is 13.2 Å². The summed E-state index contributed by atoms with van der Waals surface area (Å²) in [6.45, 7) is 2.47. The Morgan fingerprint density at radius 1 is 0.839 bits per heavy atom. The average Bonchev–Trinajstić information content (AvgIpc) is 2.71. The number of carbonyl (C=O) groups is 2. The van der Waals surface area contributed by atoms with Crippen LogP contribution in [-0.2, 0) is 15.8 Å². The van der Waals surface area contributed by atoms with E-state index in [1.54, 1.807) is 12.1 Å². The number of hydrogen-bond donors (Lipinski definition) is 2. The van der Waals surface area contributed by atoms with Crippen LogP contribution in [0.5, 0.6) is 0 Å². The van der Waals surface area contributed by atoms with Gasteiger partial charge in [-0.3, -0.25) is 19.4 Å². The third-order valence-corrected chi connectivity index (χ3v) is 5.36. The molecule has 1 saturated heterocycles. The Balaban J connectivity index is 1.43. The Hall–Kier alpha value is -2.43. The molecule has 1 fully saturated rings. The van der Waals surface area contributed by atoms with E-state index in [0.29, 0.717) is 31.9 Å². The number of hydrogen-bond acceptors (Lipinski definition) is 4. The zero-order chi connectivity index (χ0) is 22.4. The Morgan fingerprint density at radius 3 is 1.90 bits per heavy atom. The summed E-state index contributed by atoms with van der Waals surface area (Å²) in [4.78, 5) is 28.3. The number of para-hydroxylation sites is 1. The maximum atomic E-state index is 13.1. The molecular formula is C21H22BrF3N4O2. The van der Waals surface area contributed by atoms with E-state index in [1.165, 1.54) is 18.2 Å². The molecule has 31 heavy (non-hydrogen) atoms. The van der Waals surface area contributed by atoms with E-state index in [1.807, 2.05) is 21.9 Å². The molecule has 1 aliphatic heterocycles. The number of anilines is 2. The number of carbonyl (C=O) groups excluding carboxylic acids is 2. The summed E-state index contributed by atoms with van der Waals surface area (Å²) in [7, 11) is 0. The highest BCUT2D eigenvalue weighted by Gasteiger charge is 2.33. The third-order valence-electron chi connectivity index (χ3n) is 4.83. The van der Waals surface area contributed by atoms with Crippen molar-refractivity contribution in [2.24, 2.45) is 0 Å². The SMILES string of the molecule is O=C(CN1CCN(CC(=O)Nc2ccccc2C(F)(F)F)CC1)Nc1ccc(Br)cc1. The number of nitrogens with zero attached hydrogens (tertiary/aromatic N) is 2. The molecule has 0 spiro atoms. The van der Waals surface area contributed by atoms with E-state index in [9.17, 15) is 22.8 Å². The quantitative estimate of drug-likeness (QED) is 0.637. The van der Waals surface area contributed by atoms with Gasteiger partial charge < -0.3 is 10.6 Å². The van der Waals surface area contributed by atoms with Crippen LogP contribution in [0.25, 0.3) is 0 Å². The van der Waals surface area contributed by atoms with Gasteiger partial charge in [0.1, 0.15) is 0 Å². The Kier molecular flexibility index (Phi) is 7.69. The second-order valence-electron chi connectivity index (χ2n) is 7.20. The van der Waals surface area contributed by atoms with Crippen molar-refractivity contribution in [1.82, 2.24) is 9.80 Å². The number of rotatable bonds is 6. The Labute approximate surface area is 186 Å². The molecule has 3 rings (SSSR count). The first-order valence-corrected chi connectivity index (χ1v) is 10.5. The van der Waals surface area contributed by atoms with E-state index in [-0.39, 0.29) is 24.7 Å². The molecule has 10 heteroatoms. The van der Waals surface area contributed by atoms with Crippen molar-refractivity contribution in [3.05, 3.63) is 58.6 Å². The van der Waals surface area contributed by atoms with Crippen LogP contribution in [0.2, 0.25) is 0 Å². The van der Waals surface area contributed by atoms with Crippen molar-refractivity contribution in [3.63, 3.8) is 0 Å². The second-order valence-corrected chi connectivity index (χ2v) is 8.11. The Bertz CT molecular complexity index is 914. The van der Waals surface area contributed by atoms with Crippen LogP contribution in [0.15, 0.2) is 53.0 Å². The van der Waals surface area contributed by atoms with Crippen molar-refractivity contribution >= 4 is 39.1 Å². The minimum Gasteiger partial charge on any atom is -0.325 e. The van der Waals surface area contributed by atoms with Gasteiger partial charge in [-0.05, 0) is 36.4 Å². The number of nitrogens with one attached hydrogen (secondary N) is 2. The fourth-order valence-corrected chi connectivity index (χ4v) is 3.54. The standard InChI is InChI=1S/C21H22BrF3N4O2/c22-15-5-7-16(8-6-15)26-19(30)13-28-9-11-29(12-10-28)14-20(31)27-18-4-2-1-3-17(18)21(23,24)25/h1-8H,9-14H2,(H,26,30)(H,27,31).